The maximum absolute atomic E-state index is 13.2. The quantitative estimate of drug-likeness (QED) is 0.370. The molecule has 6 nitrogen and oxygen atoms in total. The van der Waals surface area contributed by atoms with Crippen LogP contribution in [0.15, 0.2) is 103 Å². The van der Waals surface area contributed by atoms with Crippen molar-refractivity contribution in [2.45, 2.75) is 37.8 Å². The van der Waals surface area contributed by atoms with E-state index in [2.05, 4.69) is 10.6 Å². The van der Waals surface area contributed by atoms with Crippen molar-refractivity contribution >= 4 is 17.8 Å². The smallest absolute Gasteiger partial charge is 0.306 e. The molecule has 0 saturated heterocycles. The van der Waals surface area contributed by atoms with Crippen molar-refractivity contribution in [1.29, 1.82) is 0 Å². The fraction of sp³-hybridized carbons (Fsp3) is 0.258. The molecular weight excluding hydrogens is 464 g/mol. The lowest BCUT2D eigenvalue weighted by atomic mass is 9.96. The first-order valence-corrected chi connectivity index (χ1v) is 12.7. The lowest BCUT2D eigenvalue weighted by Gasteiger charge is -2.23. The van der Waals surface area contributed by atoms with Gasteiger partial charge in [0.2, 0.25) is 11.8 Å². The molecule has 6 heteroatoms. The fourth-order valence-electron chi connectivity index (χ4n) is 4.41. The van der Waals surface area contributed by atoms with E-state index in [1.54, 1.807) is 0 Å². The summed E-state index contributed by atoms with van der Waals surface area (Å²) in [5.74, 6) is -1.30. The van der Waals surface area contributed by atoms with Gasteiger partial charge in [-0.05, 0) is 29.5 Å². The fourth-order valence-corrected chi connectivity index (χ4v) is 4.41. The molecular formula is C31H32N2O4. The Morgan fingerprint density at radius 1 is 0.865 bits per heavy atom. The monoisotopic (exact) mass is 496 g/mol. The highest BCUT2D eigenvalue weighted by molar-refractivity contribution is 5.86. The molecule has 0 fully saturated rings. The van der Waals surface area contributed by atoms with Gasteiger partial charge in [0.1, 0.15) is 6.10 Å². The second-order valence-corrected chi connectivity index (χ2v) is 9.10. The van der Waals surface area contributed by atoms with Crippen molar-refractivity contribution in [3.63, 3.8) is 0 Å². The van der Waals surface area contributed by atoms with Gasteiger partial charge in [-0.2, -0.15) is 0 Å². The van der Waals surface area contributed by atoms with Crippen molar-refractivity contribution in [3.05, 3.63) is 120 Å². The molecule has 1 aliphatic rings. The summed E-state index contributed by atoms with van der Waals surface area (Å²) < 4.78 is 5.66. The van der Waals surface area contributed by atoms with E-state index in [1.807, 2.05) is 103 Å². The van der Waals surface area contributed by atoms with Crippen LogP contribution in [0, 0.1) is 5.92 Å². The third-order valence-electron chi connectivity index (χ3n) is 6.38. The average Bonchev–Trinajstić information content (AvgIpc) is 2.93. The minimum absolute atomic E-state index is 0.0438. The van der Waals surface area contributed by atoms with Gasteiger partial charge in [0.25, 0.3) is 0 Å². The summed E-state index contributed by atoms with van der Waals surface area (Å²) in [7, 11) is 0. The van der Waals surface area contributed by atoms with Crippen LogP contribution in [0.5, 0.6) is 0 Å². The second-order valence-electron chi connectivity index (χ2n) is 9.10. The third-order valence-corrected chi connectivity index (χ3v) is 6.38. The van der Waals surface area contributed by atoms with E-state index in [1.165, 1.54) is 0 Å². The van der Waals surface area contributed by atoms with Crippen LogP contribution in [-0.4, -0.2) is 24.3 Å². The highest BCUT2D eigenvalue weighted by atomic mass is 16.5. The number of carbonyl (C=O) groups excluding carboxylic acids is 3. The van der Waals surface area contributed by atoms with Gasteiger partial charge < -0.3 is 15.4 Å². The number of ether oxygens (including phenoxy) is 1. The van der Waals surface area contributed by atoms with Crippen molar-refractivity contribution in [1.82, 2.24) is 10.6 Å². The molecule has 0 radical (unpaired) electrons. The maximum Gasteiger partial charge on any atom is 0.306 e. The van der Waals surface area contributed by atoms with Gasteiger partial charge in [0.05, 0.1) is 18.5 Å². The number of amides is 2. The van der Waals surface area contributed by atoms with Crippen LogP contribution >= 0.6 is 0 Å². The largest absolute Gasteiger partial charge is 0.456 e. The highest BCUT2D eigenvalue weighted by Crippen LogP contribution is 2.23. The molecule has 0 bridgehead atoms. The zero-order valence-electron chi connectivity index (χ0n) is 20.7. The molecule has 4 rings (SSSR count). The predicted molar refractivity (Wildman–Crippen MR) is 142 cm³/mol. The minimum Gasteiger partial charge on any atom is -0.456 e. The predicted octanol–water partition coefficient (Wildman–Crippen LogP) is 5.04. The number of esters is 1. The molecule has 2 N–H and O–H groups in total. The van der Waals surface area contributed by atoms with E-state index in [-0.39, 0.29) is 43.2 Å². The average molecular weight is 497 g/mol. The number of cyclic esters (lactones) is 1. The zero-order chi connectivity index (χ0) is 25.9. The molecule has 2 atom stereocenters. The Morgan fingerprint density at radius 3 is 2.08 bits per heavy atom. The number of carbonyl (C=O) groups is 3. The minimum atomic E-state index is -0.587. The number of allylic oxidation sites excluding steroid dienone is 2. The molecule has 37 heavy (non-hydrogen) atoms. The van der Waals surface area contributed by atoms with Gasteiger partial charge in [-0.3, -0.25) is 14.4 Å². The first-order valence-electron chi connectivity index (χ1n) is 12.7. The van der Waals surface area contributed by atoms with Crippen LogP contribution in [0.2, 0.25) is 0 Å². The Morgan fingerprint density at radius 2 is 1.46 bits per heavy atom. The summed E-state index contributed by atoms with van der Waals surface area (Å²) in [5.41, 5.74) is 2.75. The van der Waals surface area contributed by atoms with Crippen LogP contribution in [0.25, 0.3) is 0 Å². The zero-order valence-corrected chi connectivity index (χ0v) is 20.7. The Kier molecular flexibility index (Phi) is 9.24. The third kappa shape index (κ3) is 7.64. The SMILES string of the molecule is O=C(C[C@@H]1C/C=C/CCC(=O)OC(c2ccccc2)CNC1=O)NC(c1ccccc1)c1ccccc1. The topological polar surface area (TPSA) is 84.5 Å². The van der Waals surface area contributed by atoms with E-state index >= 15 is 0 Å². The summed E-state index contributed by atoms with van der Waals surface area (Å²) in [6, 6.07) is 28.6. The molecule has 0 aromatic heterocycles. The van der Waals surface area contributed by atoms with E-state index < -0.39 is 12.0 Å². The number of rotatable bonds is 6. The second kappa shape index (κ2) is 13.2. The van der Waals surface area contributed by atoms with E-state index in [0.29, 0.717) is 12.8 Å². The summed E-state index contributed by atoms with van der Waals surface area (Å²) in [4.78, 5) is 38.7. The molecule has 3 aromatic rings. The lowest BCUT2D eigenvalue weighted by molar-refractivity contribution is -0.150. The highest BCUT2D eigenvalue weighted by Gasteiger charge is 2.26. The van der Waals surface area contributed by atoms with Crippen molar-refractivity contribution in [3.8, 4) is 0 Å². The Labute approximate surface area is 217 Å². The van der Waals surface area contributed by atoms with Crippen molar-refractivity contribution in [2.24, 2.45) is 5.92 Å². The van der Waals surface area contributed by atoms with Gasteiger partial charge in [0, 0.05) is 12.8 Å². The summed E-state index contributed by atoms with van der Waals surface area (Å²) >= 11 is 0. The summed E-state index contributed by atoms with van der Waals surface area (Å²) in [6.45, 7) is 0.146. The van der Waals surface area contributed by atoms with Crippen LogP contribution in [0.4, 0.5) is 0 Å². The molecule has 0 spiro atoms. The van der Waals surface area contributed by atoms with Crippen LogP contribution in [0.1, 0.15) is 54.5 Å². The first-order chi connectivity index (χ1) is 18.1. The van der Waals surface area contributed by atoms with Gasteiger partial charge in [0.15, 0.2) is 0 Å². The van der Waals surface area contributed by atoms with Gasteiger partial charge in [-0.15, -0.1) is 0 Å². The van der Waals surface area contributed by atoms with E-state index in [0.717, 1.165) is 16.7 Å². The van der Waals surface area contributed by atoms with Gasteiger partial charge in [-0.25, -0.2) is 0 Å². The van der Waals surface area contributed by atoms with Crippen LogP contribution in [-0.2, 0) is 19.1 Å². The molecule has 0 saturated carbocycles. The van der Waals surface area contributed by atoms with Crippen molar-refractivity contribution < 1.29 is 19.1 Å². The molecule has 1 heterocycles. The maximum atomic E-state index is 13.2. The van der Waals surface area contributed by atoms with Crippen LogP contribution in [0.3, 0.4) is 0 Å². The number of nitrogens with one attached hydrogen (secondary N) is 2. The van der Waals surface area contributed by atoms with E-state index in [4.69, 9.17) is 4.74 Å². The molecule has 1 unspecified atom stereocenters. The van der Waals surface area contributed by atoms with Gasteiger partial charge in [-0.1, -0.05) is 103 Å². The molecule has 3 aromatic carbocycles. The molecule has 2 amide bonds. The Bertz CT molecular complexity index is 1160. The van der Waals surface area contributed by atoms with Crippen molar-refractivity contribution in [2.75, 3.05) is 6.54 Å². The molecule has 1 aliphatic heterocycles. The molecule has 0 aliphatic carbocycles. The standard InChI is InChI=1S/C31H32N2O4/c34-28(33-30(24-15-7-2-8-16-24)25-17-9-3-10-18-25)21-26-19-11-4-12-20-29(35)37-27(22-32-31(26)36)23-13-5-1-6-14-23/h1-11,13-18,26-27,30H,12,19-22H2,(H,32,36)(H,33,34)/b11-4+/t26-,27?/m0/s1. The number of hydrogen-bond acceptors (Lipinski definition) is 4. The number of benzene rings is 3. The normalized spacial score (nSPS) is 19.6. The number of hydrogen-bond donors (Lipinski definition) is 2. The van der Waals surface area contributed by atoms with E-state index in [9.17, 15) is 14.4 Å². The molecule has 190 valence electrons. The summed E-state index contributed by atoms with van der Waals surface area (Å²) in [5, 5.41) is 6.04. The lowest BCUT2D eigenvalue weighted by Crippen LogP contribution is -2.38. The first kappa shape index (κ1) is 25.9. The van der Waals surface area contributed by atoms with Gasteiger partial charge >= 0.3 is 5.97 Å². The Balaban J connectivity index is 1.48. The Hall–Kier alpha value is -4.19. The summed E-state index contributed by atoms with van der Waals surface area (Å²) in [6.07, 6.45) is 4.38. The van der Waals surface area contributed by atoms with Crippen LogP contribution < -0.4 is 10.6 Å².